The number of rotatable bonds is 5. The number of hydrogen-bond donors (Lipinski definition) is 3. The Hall–Kier alpha value is -0.850. The fourth-order valence-electron chi connectivity index (χ4n) is 2.17. The van der Waals surface area contributed by atoms with E-state index in [4.69, 9.17) is 5.73 Å². The van der Waals surface area contributed by atoms with Crippen molar-refractivity contribution >= 4 is 24.3 Å². The van der Waals surface area contributed by atoms with Crippen LogP contribution in [0.15, 0.2) is 0 Å². The third kappa shape index (κ3) is 6.75. The lowest BCUT2D eigenvalue weighted by Crippen LogP contribution is -2.50. The molecule has 0 radical (unpaired) electrons. The molecule has 7 heteroatoms. The maximum Gasteiger partial charge on any atom is 0.321 e. The lowest BCUT2D eigenvalue weighted by molar-refractivity contribution is -0.122. The van der Waals surface area contributed by atoms with Crippen LogP contribution in [0.25, 0.3) is 0 Å². The van der Waals surface area contributed by atoms with Gasteiger partial charge in [-0.3, -0.25) is 15.0 Å². The fraction of sp³-hybridized carbons (Fsp3) is 0.833. The number of carbonyl (C=O) groups excluding carboxylic acids is 2. The maximum atomic E-state index is 11.7. The Balaban J connectivity index is 0.00000324. The lowest BCUT2D eigenvalue weighted by atomic mass is 10.0. The number of amides is 3. The number of hydrogen-bond acceptors (Lipinski definition) is 4. The molecule has 0 aromatic carbocycles. The molecule has 1 aliphatic rings. The molecule has 1 saturated heterocycles. The van der Waals surface area contributed by atoms with Gasteiger partial charge >= 0.3 is 6.03 Å². The third-order valence-corrected chi connectivity index (χ3v) is 3.16. The van der Waals surface area contributed by atoms with Crippen molar-refractivity contribution in [1.82, 2.24) is 15.5 Å². The van der Waals surface area contributed by atoms with Crippen molar-refractivity contribution in [2.45, 2.75) is 38.6 Å². The van der Waals surface area contributed by atoms with Gasteiger partial charge in [-0.25, -0.2) is 4.79 Å². The van der Waals surface area contributed by atoms with Crippen LogP contribution in [0.3, 0.4) is 0 Å². The number of piperidine rings is 1. The molecule has 1 atom stereocenters. The molecule has 1 fully saturated rings. The van der Waals surface area contributed by atoms with Gasteiger partial charge in [0.2, 0.25) is 5.91 Å². The van der Waals surface area contributed by atoms with E-state index in [1.54, 1.807) is 0 Å². The standard InChI is InChI=1S/C12H24N4O2.ClH/c1-2-6-14-12(18)15-11(17)9-16-7-4-3-5-10(16)8-13;/h10H,2-9,13H2,1H3,(H2,14,15,17,18);1H. The molecular formula is C12H25ClN4O2. The Morgan fingerprint density at radius 1 is 1.37 bits per heavy atom. The van der Waals surface area contributed by atoms with Gasteiger partial charge < -0.3 is 11.1 Å². The minimum atomic E-state index is -0.414. The molecule has 0 bridgehead atoms. The summed E-state index contributed by atoms with van der Waals surface area (Å²) in [5.74, 6) is -0.260. The van der Waals surface area contributed by atoms with Crippen LogP contribution in [0.2, 0.25) is 0 Å². The summed E-state index contributed by atoms with van der Waals surface area (Å²) in [5, 5.41) is 4.95. The molecule has 0 aromatic rings. The predicted molar refractivity (Wildman–Crippen MR) is 77.3 cm³/mol. The van der Waals surface area contributed by atoms with Crippen molar-refractivity contribution in [3.63, 3.8) is 0 Å². The average Bonchev–Trinajstić information content (AvgIpc) is 2.36. The van der Waals surface area contributed by atoms with E-state index in [-0.39, 0.29) is 30.9 Å². The minimum absolute atomic E-state index is 0. The second-order valence-corrected chi connectivity index (χ2v) is 4.66. The molecule has 19 heavy (non-hydrogen) atoms. The van der Waals surface area contributed by atoms with Crippen LogP contribution in [0.1, 0.15) is 32.6 Å². The SMILES string of the molecule is CCCNC(=O)NC(=O)CN1CCCCC1CN.Cl. The number of carbonyl (C=O) groups is 2. The molecule has 0 aromatic heterocycles. The summed E-state index contributed by atoms with van der Waals surface area (Å²) in [6, 6.07) is -0.147. The Kier molecular flexibility index (Phi) is 9.55. The first-order valence-corrected chi connectivity index (χ1v) is 6.69. The molecule has 1 rings (SSSR count). The van der Waals surface area contributed by atoms with Gasteiger partial charge in [-0.1, -0.05) is 13.3 Å². The highest BCUT2D eigenvalue weighted by molar-refractivity contribution is 5.95. The predicted octanol–water partition coefficient (Wildman–Crippen LogP) is 0.457. The maximum absolute atomic E-state index is 11.7. The fourth-order valence-corrected chi connectivity index (χ4v) is 2.17. The lowest BCUT2D eigenvalue weighted by Gasteiger charge is -2.34. The summed E-state index contributed by atoms with van der Waals surface area (Å²) in [7, 11) is 0. The van der Waals surface area contributed by atoms with E-state index in [1.807, 2.05) is 6.92 Å². The van der Waals surface area contributed by atoms with Crippen LogP contribution in [0.4, 0.5) is 4.79 Å². The first-order chi connectivity index (χ1) is 8.67. The number of nitrogens with zero attached hydrogens (tertiary/aromatic N) is 1. The Morgan fingerprint density at radius 3 is 2.74 bits per heavy atom. The normalized spacial score (nSPS) is 19.4. The minimum Gasteiger partial charge on any atom is -0.338 e. The highest BCUT2D eigenvalue weighted by Crippen LogP contribution is 2.15. The molecule has 1 heterocycles. The van der Waals surface area contributed by atoms with Crippen molar-refractivity contribution in [3.05, 3.63) is 0 Å². The van der Waals surface area contributed by atoms with Crippen LogP contribution in [0, 0.1) is 0 Å². The monoisotopic (exact) mass is 292 g/mol. The first kappa shape index (κ1) is 18.1. The quantitative estimate of drug-likeness (QED) is 0.687. The van der Waals surface area contributed by atoms with E-state index in [2.05, 4.69) is 15.5 Å². The van der Waals surface area contributed by atoms with Gasteiger partial charge in [0.15, 0.2) is 0 Å². The molecule has 1 aliphatic heterocycles. The zero-order chi connectivity index (χ0) is 13.4. The number of nitrogens with one attached hydrogen (secondary N) is 2. The largest absolute Gasteiger partial charge is 0.338 e. The molecule has 6 nitrogen and oxygen atoms in total. The first-order valence-electron chi connectivity index (χ1n) is 6.69. The van der Waals surface area contributed by atoms with Crippen LogP contribution in [-0.4, -0.2) is 49.1 Å². The van der Waals surface area contributed by atoms with E-state index in [0.717, 1.165) is 32.2 Å². The van der Waals surface area contributed by atoms with Gasteiger partial charge in [0.05, 0.1) is 6.54 Å². The van der Waals surface area contributed by atoms with E-state index in [9.17, 15) is 9.59 Å². The van der Waals surface area contributed by atoms with E-state index < -0.39 is 6.03 Å². The molecule has 112 valence electrons. The third-order valence-electron chi connectivity index (χ3n) is 3.16. The number of likely N-dealkylation sites (tertiary alicyclic amines) is 1. The van der Waals surface area contributed by atoms with Gasteiger partial charge in [0.1, 0.15) is 0 Å². The molecule has 1 unspecified atom stereocenters. The molecule has 0 saturated carbocycles. The van der Waals surface area contributed by atoms with Crippen LogP contribution in [-0.2, 0) is 4.79 Å². The number of urea groups is 1. The number of nitrogens with two attached hydrogens (primary N) is 1. The van der Waals surface area contributed by atoms with Crippen molar-refractivity contribution in [3.8, 4) is 0 Å². The summed E-state index contributed by atoms with van der Waals surface area (Å²) in [5.41, 5.74) is 5.68. The van der Waals surface area contributed by atoms with Gasteiger partial charge in [-0.2, -0.15) is 0 Å². The molecule has 0 aliphatic carbocycles. The van der Waals surface area contributed by atoms with E-state index in [1.165, 1.54) is 0 Å². The van der Waals surface area contributed by atoms with Crippen LogP contribution in [0.5, 0.6) is 0 Å². The summed E-state index contributed by atoms with van der Waals surface area (Å²) < 4.78 is 0. The van der Waals surface area contributed by atoms with Gasteiger partial charge in [0, 0.05) is 19.1 Å². The zero-order valence-corrected chi connectivity index (χ0v) is 12.3. The molecule has 4 N–H and O–H groups in total. The van der Waals surface area contributed by atoms with Crippen LogP contribution < -0.4 is 16.4 Å². The number of halogens is 1. The summed E-state index contributed by atoms with van der Waals surface area (Å²) in [6.45, 7) is 4.23. The summed E-state index contributed by atoms with van der Waals surface area (Å²) >= 11 is 0. The van der Waals surface area contributed by atoms with Crippen molar-refractivity contribution in [1.29, 1.82) is 0 Å². The van der Waals surface area contributed by atoms with Gasteiger partial charge in [0.25, 0.3) is 0 Å². The Morgan fingerprint density at radius 2 is 2.11 bits per heavy atom. The topological polar surface area (TPSA) is 87.5 Å². The Bertz CT molecular complexity index is 289. The molecular weight excluding hydrogens is 268 g/mol. The van der Waals surface area contributed by atoms with Crippen molar-refractivity contribution in [2.24, 2.45) is 5.73 Å². The summed E-state index contributed by atoms with van der Waals surface area (Å²) in [6.07, 6.45) is 4.14. The molecule has 0 spiro atoms. The van der Waals surface area contributed by atoms with Gasteiger partial charge in [-0.15, -0.1) is 12.4 Å². The van der Waals surface area contributed by atoms with Crippen LogP contribution >= 0.6 is 12.4 Å². The van der Waals surface area contributed by atoms with Crippen molar-refractivity contribution < 1.29 is 9.59 Å². The summed E-state index contributed by atoms with van der Waals surface area (Å²) in [4.78, 5) is 25.1. The smallest absolute Gasteiger partial charge is 0.321 e. The number of imide groups is 1. The average molecular weight is 293 g/mol. The zero-order valence-electron chi connectivity index (χ0n) is 11.5. The van der Waals surface area contributed by atoms with Crippen molar-refractivity contribution in [2.75, 3.05) is 26.2 Å². The van der Waals surface area contributed by atoms with E-state index >= 15 is 0 Å². The Labute approximate surface area is 120 Å². The highest BCUT2D eigenvalue weighted by atomic mass is 35.5. The molecule has 3 amide bonds. The van der Waals surface area contributed by atoms with Gasteiger partial charge in [-0.05, 0) is 25.8 Å². The second kappa shape index (κ2) is 10.00. The second-order valence-electron chi connectivity index (χ2n) is 4.66. The highest BCUT2D eigenvalue weighted by Gasteiger charge is 2.23. The van der Waals surface area contributed by atoms with E-state index in [0.29, 0.717) is 13.1 Å².